The molecule has 0 spiro atoms. The SMILES string of the molecule is C=C(C)C(=O)OC(=O)C(=C)C.CCCC. The predicted molar refractivity (Wildman–Crippen MR) is 61.3 cm³/mol. The van der Waals surface area contributed by atoms with Crippen LogP contribution < -0.4 is 0 Å². The van der Waals surface area contributed by atoms with E-state index in [-0.39, 0.29) is 11.1 Å². The summed E-state index contributed by atoms with van der Waals surface area (Å²) in [6, 6.07) is 0. The zero-order valence-electron chi connectivity index (χ0n) is 10.1. The van der Waals surface area contributed by atoms with Crippen LogP contribution in [-0.2, 0) is 14.3 Å². The third-order valence-corrected chi connectivity index (χ3v) is 1.38. The Morgan fingerprint density at radius 1 is 0.933 bits per heavy atom. The maximum Gasteiger partial charge on any atom is 0.340 e. The van der Waals surface area contributed by atoms with E-state index in [0.29, 0.717) is 0 Å². The van der Waals surface area contributed by atoms with Crippen LogP contribution in [0.5, 0.6) is 0 Å². The van der Waals surface area contributed by atoms with E-state index in [9.17, 15) is 9.59 Å². The fraction of sp³-hybridized carbons (Fsp3) is 0.500. The van der Waals surface area contributed by atoms with E-state index in [1.807, 2.05) is 0 Å². The van der Waals surface area contributed by atoms with E-state index in [2.05, 4.69) is 31.7 Å². The molecule has 0 atom stereocenters. The molecule has 0 aliphatic heterocycles. The van der Waals surface area contributed by atoms with Crippen molar-refractivity contribution >= 4 is 11.9 Å². The highest BCUT2D eigenvalue weighted by molar-refractivity contribution is 6.00. The van der Waals surface area contributed by atoms with Crippen LogP contribution >= 0.6 is 0 Å². The van der Waals surface area contributed by atoms with Crippen molar-refractivity contribution < 1.29 is 14.3 Å². The van der Waals surface area contributed by atoms with Crippen molar-refractivity contribution in [3.63, 3.8) is 0 Å². The van der Waals surface area contributed by atoms with Gasteiger partial charge in [-0.1, -0.05) is 39.8 Å². The lowest BCUT2D eigenvalue weighted by atomic mass is 10.3. The molecule has 0 aromatic carbocycles. The first-order valence-corrected chi connectivity index (χ1v) is 4.94. The molecule has 0 bridgehead atoms. The minimum absolute atomic E-state index is 0.194. The van der Waals surface area contributed by atoms with E-state index in [1.165, 1.54) is 26.7 Å². The molecule has 0 aliphatic carbocycles. The van der Waals surface area contributed by atoms with Crippen LogP contribution in [0.25, 0.3) is 0 Å². The number of carbonyl (C=O) groups excluding carboxylic acids is 2. The Labute approximate surface area is 91.8 Å². The van der Waals surface area contributed by atoms with Gasteiger partial charge in [-0.25, -0.2) is 9.59 Å². The Hall–Kier alpha value is -1.38. The molecule has 0 saturated heterocycles. The zero-order valence-corrected chi connectivity index (χ0v) is 10.1. The molecule has 3 nitrogen and oxygen atoms in total. The highest BCUT2D eigenvalue weighted by Gasteiger charge is 2.10. The van der Waals surface area contributed by atoms with Crippen molar-refractivity contribution in [2.24, 2.45) is 0 Å². The maximum atomic E-state index is 10.7. The lowest BCUT2D eigenvalue weighted by Gasteiger charge is -1.99. The molecule has 0 aromatic heterocycles. The Morgan fingerprint density at radius 3 is 1.33 bits per heavy atom. The first-order valence-electron chi connectivity index (χ1n) is 4.94. The lowest BCUT2D eigenvalue weighted by molar-refractivity contribution is -0.153. The van der Waals surface area contributed by atoms with Gasteiger partial charge in [0, 0.05) is 11.1 Å². The van der Waals surface area contributed by atoms with Gasteiger partial charge in [-0.3, -0.25) is 0 Å². The summed E-state index contributed by atoms with van der Waals surface area (Å²) in [5.74, 6) is -1.42. The first-order chi connectivity index (χ1) is 6.86. The Bertz CT molecular complexity index is 226. The summed E-state index contributed by atoms with van der Waals surface area (Å²) < 4.78 is 4.30. The van der Waals surface area contributed by atoms with Gasteiger partial charge in [0.25, 0.3) is 0 Å². The van der Waals surface area contributed by atoms with Gasteiger partial charge in [0.2, 0.25) is 0 Å². The van der Waals surface area contributed by atoms with Crippen molar-refractivity contribution in [3.8, 4) is 0 Å². The molecule has 0 aromatic rings. The summed E-state index contributed by atoms with van der Waals surface area (Å²) in [5, 5.41) is 0. The minimum atomic E-state index is -0.710. The van der Waals surface area contributed by atoms with Crippen molar-refractivity contribution in [3.05, 3.63) is 24.3 Å². The van der Waals surface area contributed by atoms with Crippen LogP contribution in [0, 0.1) is 0 Å². The van der Waals surface area contributed by atoms with Crippen molar-refractivity contribution in [2.75, 3.05) is 0 Å². The monoisotopic (exact) mass is 212 g/mol. The molecule has 0 saturated carbocycles. The Balaban J connectivity index is 0. The quantitative estimate of drug-likeness (QED) is 0.410. The van der Waals surface area contributed by atoms with E-state index < -0.39 is 11.9 Å². The lowest BCUT2D eigenvalue weighted by Crippen LogP contribution is -2.12. The summed E-state index contributed by atoms with van der Waals surface area (Å²) >= 11 is 0. The normalized spacial score (nSPS) is 8.27. The topological polar surface area (TPSA) is 43.4 Å². The third-order valence-electron chi connectivity index (χ3n) is 1.38. The van der Waals surface area contributed by atoms with Crippen LogP contribution in [0.2, 0.25) is 0 Å². The number of carbonyl (C=O) groups is 2. The fourth-order valence-corrected chi connectivity index (χ4v) is 0.258. The van der Waals surface area contributed by atoms with Crippen molar-refractivity contribution in [1.29, 1.82) is 0 Å². The summed E-state index contributed by atoms with van der Waals surface area (Å²) in [6.07, 6.45) is 2.64. The molecule has 0 unspecified atom stereocenters. The Morgan fingerprint density at radius 2 is 1.20 bits per heavy atom. The number of hydrogen-bond acceptors (Lipinski definition) is 3. The van der Waals surface area contributed by atoms with Crippen LogP contribution in [0.4, 0.5) is 0 Å². The number of rotatable bonds is 3. The summed E-state index contributed by atoms with van der Waals surface area (Å²) in [5.41, 5.74) is 0.388. The average molecular weight is 212 g/mol. The second-order valence-corrected chi connectivity index (χ2v) is 3.24. The molecule has 0 N–H and O–H groups in total. The van der Waals surface area contributed by atoms with Gasteiger partial charge in [0.05, 0.1) is 0 Å². The van der Waals surface area contributed by atoms with Crippen LogP contribution in [-0.4, -0.2) is 11.9 Å². The van der Waals surface area contributed by atoms with Gasteiger partial charge in [0.1, 0.15) is 0 Å². The summed E-state index contributed by atoms with van der Waals surface area (Å²) in [4.78, 5) is 21.3. The summed E-state index contributed by atoms with van der Waals surface area (Å²) in [6.45, 7) is 13.9. The third kappa shape index (κ3) is 10.5. The molecule has 0 rings (SSSR count). The Kier molecular flexibility index (Phi) is 9.84. The van der Waals surface area contributed by atoms with E-state index in [0.717, 1.165) is 0 Å². The molecule has 86 valence electrons. The van der Waals surface area contributed by atoms with Crippen LogP contribution in [0.3, 0.4) is 0 Å². The summed E-state index contributed by atoms with van der Waals surface area (Å²) in [7, 11) is 0. The predicted octanol–water partition coefficient (Wildman–Crippen LogP) is 3.01. The first kappa shape index (κ1) is 16.1. The van der Waals surface area contributed by atoms with E-state index in [4.69, 9.17) is 0 Å². The zero-order chi connectivity index (χ0) is 12.4. The molecular formula is C12H20O3. The van der Waals surface area contributed by atoms with Crippen LogP contribution in [0.1, 0.15) is 40.5 Å². The molecule has 0 amide bonds. The highest BCUT2D eigenvalue weighted by Crippen LogP contribution is 1.97. The second-order valence-electron chi connectivity index (χ2n) is 3.24. The average Bonchev–Trinajstić information content (AvgIpc) is 2.17. The molecule has 0 radical (unpaired) electrons. The van der Waals surface area contributed by atoms with Crippen molar-refractivity contribution in [1.82, 2.24) is 0 Å². The van der Waals surface area contributed by atoms with Gasteiger partial charge >= 0.3 is 11.9 Å². The maximum absolute atomic E-state index is 10.7. The highest BCUT2D eigenvalue weighted by atomic mass is 16.6. The molecule has 3 heteroatoms. The molecule has 15 heavy (non-hydrogen) atoms. The number of ether oxygens (including phenoxy) is 1. The van der Waals surface area contributed by atoms with Crippen LogP contribution in [0.15, 0.2) is 24.3 Å². The van der Waals surface area contributed by atoms with Gasteiger partial charge in [-0.05, 0) is 13.8 Å². The smallest absolute Gasteiger partial charge is 0.340 e. The molecule has 0 fully saturated rings. The van der Waals surface area contributed by atoms with Gasteiger partial charge in [-0.15, -0.1) is 0 Å². The number of unbranched alkanes of at least 4 members (excludes halogenated alkanes) is 1. The molecular weight excluding hydrogens is 192 g/mol. The minimum Gasteiger partial charge on any atom is -0.386 e. The van der Waals surface area contributed by atoms with Gasteiger partial charge in [0.15, 0.2) is 0 Å². The van der Waals surface area contributed by atoms with E-state index in [1.54, 1.807) is 0 Å². The van der Waals surface area contributed by atoms with Gasteiger partial charge < -0.3 is 4.74 Å². The van der Waals surface area contributed by atoms with E-state index >= 15 is 0 Å². The fourth-order valence-electron chi connectivity index (χ4n) is 0.258. The number of esters is 2. The molecule has 0 aliphatic rings. The van der Waals surface area contributed by atoms with Gasteiger partial charge in [-0.2, -0.15) is 0 Å². The number of hydrogen-bond donors (Lipinski definition) is 0. The molecule has 0 heterocycles. The van der Waals surface area contributed by atoms with Crippen molar-refractivity contribution in [2.45, 2.75) is 40.5 Å². The second kappa shape index (κ2) is 9.19. The standard InChI is InChI=1S/C8H10O3.C4H10/c1-5(2)7(9)11-8(10)6(3)4;1-3-4-2/h1,3H2,2,4H3;3-4H2,1-2H3. The largest absolute Gasteiger partial charge is 0.386 e.